The van der Waals surface area contributed by atoms with E-state index >= 15 is 0 Å². The molecule has 4 heteroatoms. The summed E-state index contributed by atoms with van der Waals surface area (Å²) in [6.07, 6.45) is 4.44. The number of rotatable bonds is 11. The standard InChI is InChI=1S/C16H32N2O2/c1-5-13(4)12-18(6-2)11-10-15(16(19)20-7-3)17-14-8-9-14/h13-15,17H,5-12H2,1-4H3. The average Bonchev–Trinajstić information content (AvgIpc) is 3.25. The van der Waals surface area contributed by atoms with Crippen LogP contribution in [0.3, 0.4) is 0 Å². The molecule has 1 aliphatic rings. The van der Waals surface area contributed by atoms with Crippen molar-refractivity contribution in [2.45, 2.75) is 65.5 Å². The number of carbonyl (C=O) groups is 1. The Hall–Kier alpha value is -0.610. The zero-order chi connectivity index (χ0) is 15.0. The lowest BCUT2D eigenvalue weighted by atomic mass is 10.1. The Labute approximate surface area is 124 Å². The summed E-state index contributed by atoms with van der Waals surface area (Å²) in [5.41, 5.74) is 0. The maximum absolute atomic E-state index is 12.0. The first kappa shape index (κ1) is 17.4. The van der Waals surface area contributed by atoms with Crippen LogP contribution < -0.4 is 5.32 Å². The summed E-state index contributed by atoms with van der Waals surface area (Å²) in [4.78, 5) is 14.4. The quantitative estimate of drug-likeness (QED) is 0.592. The molecule has 0 aromatic rings. The summed E-state index contributed by atoms with van der Waals surface area (Å²) < 4.78 is 5.18. The van der Waals surface area contributed by atoms with Gasteiger partial charge in [-0.3, -0.25) is 4.79 Å². The van der Waals surface area contributed by atoms with E-state index in [2.05, 4.69) is 31.0 Å². The van der Waals surface area contributed by atoms with Crippen LogP contribution in [0.1, 0.15) is 53.4 Å². The maximum atomic E-state index is 12.0. The molecule has 2 atom stereocenters. The lowest BCUT2D eigenvalue weighted by molar-refractivity contribution is -0.146. The minimum atomic E-state index is -0.131. The minimum Gasteiger partial charge on any atom is -0.465 e. The number of nitrogens with one attached hydrogen (secondary N) is 1. The molecular weight excluding hydrogens is 252 g/mol. The summed E-state index contributed by atoms with van der Waals surface area (Å²) in [5.74, 6) is 0.631. The second kappa shape index (κ2) is 9.35. The van der Waals surface area contributed by atoms with Gasteiger partial charge in [0, 0.05) is 19.1 Å². The fourth-order valence-electron chi connectivity index (χ4n) is 2.31. The van der Waals surface area contributed by atoms with Crippen molar-refractivity contribution in [1.82, 2.24) is 10.2 Å². The van der Waals surface area contributed by atoms with Crippen LogP contribution in [0.5, 0.6) is 0 Å². The fourth-order valence-corrected chi connectivity index (χ4v) is 2.31. The topological polar surface area (TPSA) is 41.6 Å². The lowest BCUT2D eigenvalue weighted by Crippen LogP contribution is -2.42. The number of nitrogens with zero attached hydrogens (tertiary/aromatic N) is 1. The maximum Gasteiger partial charge on any atom is 0.323 e. The highest BCUT2D eigenvalue weighted by molar-refractivity contribution is 5.75. The molecule has 4 nitrogen and oxygen atoms in total. The van der Waals surface area contributed by atoms with Crippen LogP contribution in [0, 0.1) is 5.92 Å². The van der Waals surface area contributed by atoms with Gasteiger partial charge in [0.2, 0.25) is 0 Å². The van der Waals surface area contributed by atoms with E-state index < -0.39 is 0 Å². The molecule has 118 valence electrons. The third kappa shape index (κ3) is 6.71. The lowest BCUT2D eigenvalue weighted by Gasteiger charge is -2.26. The molecule has 1 fully saturated rings. The van der Waals surface area contributed by atoms with Gasteiger partial charge in [-0.15, -0.1) is 0 Å². The fraction of sp³-hybridized carbons (Fsp3) is 0.938. The van der Waals surface area contributed by atoms with Crippen molar-refractivity contribution in [3.05, 3.63) is 0 Å². The number of carbonyl (C=O) groups excluding carboxylic acids is 1. The van der Waals surface area contributed by atoms with Crippen LogP contribution in [0.25, 0.3) is 0 Å². The first-order valence-electron chi connectivity index (χ1n) is 8.25. The molecule has 1 rings (SSSR count). The Kier molecular flexibility index (Phi) is 8.15. The van der Waals surface area contributed by atoms with Crippen molar-refractivity contribution in [3.8, 4) is 0 Å². The first-order valence-corrected chi connectivity index (χ1v) is 8.25. The summed E-state index contributed by atoms with van der Waals surface area (Å²) in [5, 5.41) is 3.42. The van der Waals surface area contributed by atoms with E-state index in [1.165, 1.54) is 19.3 Å². The molecule has 0 aromatic carbocycles. The Morgan fingerprint density at radius 3 is 2.55 bits per heavy atom. The van der Waals surface area contributed by atoms with Gasteiger partial charge < -0.3 is 15.0 Å². The van der Waals surface area contributed by atoms with Crippen molar-refractivity contribution >= 4 is 5.97 Å². The normalized spacial score (nSPS) is 18.1. The molecule has 1 aliphatic carbocycles. The largest absolute Gasteiger partial charge is 0.465 e. The van der Waals surface area contributed by atoms with E-state index in [1.807, 2.05) is 6.92 Å². The smallest absolute Gasteiger partial charge is 0.323 e. The predicted octanol–water partition coefficient (Wildman–Crippen LogP) is 2.43. The molecule has 2 unspecified atom stereocenters. The van der Waals surface area contributed by atoms with Gasteiger partial charge in [0.15, 0.2) is 0 Å². The van der Waals surface area contributed by atoms with Crippen LogP contribution in [0.4, 0.5) is 0 Å². The van der Waals surface area contributed by atoms with Crippen molar-refractivity contribution in [3.63, 3.8) is 0 Å². The number of ether oxygens (including phenoxy) is 1. The van der Waals surface area contributed by atoms with Gasteiger partial charge in [0.25, 0.3) is 0 Å². The molecule has 1 saturated carbocycles. The van der Waals surface area contributed by atoms with E-state index in [0.29, 0.717) is 18.6 Å². The Morgan fingerprint density at radius 1 is 1.35 bits per heavy atom. The first-order chi connectivity index (χ1) is 9.60. The summed E-state index contributed by atoms with van der Waals surface area (Å²) in [6.45, 7) is 12.2. The molecular formula is C16H32N2O2. The SMILES string of the molecule is CCOC(=O)C(CCN(CC)CC(C)CC)NC1CC1. The Balaban J connectivity index is 2.39. The number of esters is 1. The monoisotopic (exact) mass is 284 g/mol. The van der Waals surface area contributed by atoms with Crippen molar-refractivity contribution in [2.24, 2.45) is 5.92 Å². The molecule has 0 bridgehead atoms. The second-order valence-corrected chi connectivity index (χ2v) is 5.94. The summed E-state index contributed by atoms with van der Waals surface area (Å²) >= 11 is 0. The zero-order valence-electron chi connectivity index (χ0n) is 13.7. The van der Waals surface area contributed by atoms with Crippen molar-refractivity contribution < 1.29 is 9.53 Å². The third-order valence-electron chi connectivity index (χ3n) is 4.03. The van der Waals surface area contributed by atoms with E-state index in [0.717, 1.165) is 26.1 Å². The molecule has 0 saturated heterocycles. The molecule has 0 aromatic heterocycles. The number of hydrogen-bond acceptors (Lipinski definition) is 4. The van der Waals surface area contributed by atoms with Crippen LogP contribution in [0.15, 0.2) is 0 Å². The minimum absolute atomic E-state index is 0.0843. The zero-order valence-corrected chi connectivity index (χ0v) is 13.7. The van der Waals surface area contributed by atoms with Gasteiger partial charge in [-0.05, 0) is 38.6 Å². The molecule has 0 aliphatic heterocycles. The molecule has 1 N–H and O–H groups in total. The molecule has 0 spiro atoms. The highest BCUT2D eigenvalue weighted by Crippen LogP contribution is 2.20. The summed E-state index contributed by atoms with van der Waals surface area (Å²) in [7, 11) is 0. The number of hydrogen-bond donors (Lipinski definition) is 1. The van der Waals surface area contributed by atoms with Gasteiger partial charge in [0.1, 0.15) is 6.04 Å². The van der Waals surface area contributed by atoms with E-state index in [1.54, 1.807) is 0 Å². The second-order valence-electron chi connectivity index (χ2n) is 5.94. The van der Waals surface area contributed by atoms with Gasteiger partial charge >= 0.3 is 5.97 Å². The van der Waals surface area contributed by atoms with Crippen LogP contribution in [0.2, 0.25) is 0 Å². The molecule has 0 radical (unpaired) electrons. The Bertz CT molecular complexity index is 280. The highest BCUT2D eigenvalue weighted by atomic mass is 16.5. The van der Waals surface area contributed by atoms with E-state index in [-0.39, 0.29) is 12.0 Å². The molecule has 0 amide bonds. The third-order valence-corrected chi connectivity index (χ3v) is 4.03. The molecule has 0 heterocycles. The average molecular weight is 284 g/mol. The Morgan fingerprint density at radius 2 is 2.05 bits per heavy atom. The van der Waals surface area contributed by atoms with Crippen molar-refractivity contribution in [2.75, 3.05) is 26.2 Å². The van der Waals surface area contributed by atoms with Gasteiger partial charge in [0.05, 0.1) is 6.61 Å². The van der Waals surface area contributed by atoms with Gasteiger partial charge in [-0.2, -0.15) is 0 Å². The van der Waals surface area contributed by atoms with E-state index in [9.17, 15) is 4.79 Å². The van der Waals surface area contributed by atoms with Crippen LogP contribution in [-0.2, 0) is 9.53 Å². The van der Waals surface area contributed by atoms with E-state index in [4.69, 9.17) is 4.74 Å². The highest BCUT2D eigenvalue weighted by Gasteiger charge is 2.29. The van der Waals surface area contributed by atoms with Gasteiger partial charge in [-0.25, -0.2) is 0 Å². The summed E-state index contributed by atoms with van der Waals surface area (Å²) in [6, 6.07) is 0.405. The van der Waals surface area contributed by atoms with Crippen molar-refractivity contribution in [1.29, 1.82) is 0 Å². The molecule has 20 heavy (non-hydrogen) atoms. The van der Waals surface area contributed by atoms with Gasteiger partial charge in [-0.1, -0.05) is 27.2 Å². The van der Waals surface area contributed by atoms with Crippen LogP contribution in [-0.4, -0.2) is 49.2 Å². The predicted molar refractivity (Wildman–Crippen MR) is 82.8 cm³/mol. The van der Waals surface area contributed by atoms with Crippen LogP contribution >= 0.6 is 0 Å².